The highest BCUT2D eigenvalue weighted by molar-refractivity contribution is 6.34. The van der Waals surface area contributed by atoms with Gasteiger partial charge in [-0.25, -0.2) is 4.79 Å². The summed E-state index contributed by atoms with van der Waals surface area (Å²) < 4.78 is 4.93. The number of hydrogen-bond donors (Lipinski definition) is 1. The van der Waals surface area contributed by atoms with E-state index in [9.17, 15) is 19.7 Å². The van der Waals surface area contributed by atoms with Crippen LogP contribution in [0, 0.1) is 10.1 Å². The third-order valence-electron chi connectivity index (χ3n) is 3.08. The lowest BCUT2D eigenvalue weighted by Gasteiger charge is -2.11. The van der Waals surface area contributed by atoms with Crippen LogP contribution in [-0.2, 0) is 4.74 Å². The number of esters is 1. The molecule has 132 valence electrons. The number of nitro benzene ring substituents is 1. The highest BCUT2D eigenvalue weighted by atomic mass is 35.5. The molecule has 0 aromatic heterocycles. The number of benzene rings is 2. The predicted molar refractivity (Wildman–Crippen MR) is 92.1 cm³/mol. The van der Waals surface area contributed by atoms with Gasteiger partial charge in [-0.1, -0.05) is 23.7 Å². The Hall–Kier alpha value is -2.97. The Kier molecular flexibility index (Phi) is 7.04. The van der Waals surface area contributed by atoms with Crippen LogP contribution in [0.15, 0.2) is 42.5 Å². The van der Waals surface area contributed by atoms with Crippen molar-refractivity contribution in [3.8, 4) is 0 Å². The maximum atomic E-state index is 12.3. The molecule has 0 radical (unpaired) electrons. The van der Waals surface area contributed by atoms with Gasteiger partial charge in [0.25, 0.3) is 11.6 Å². The van der Waals surface area contributed by atoms with E-state index in [1.165, 1.54) is 18.2 Å². The predicted octanol–water partition coefficient (Wildman–Crippen LogP) is 2.85. The van der Waals surface area contributed by atoms with Gasteiger partial charge in [-0.2, -0.15) is 0 Å². The van der Waals surface area contributed by atoms with Crippen LogP contribution in [0.4, 0.5) is 11.4 Å². The normalized spacial score (nSPS) is 9.68. The van der Waals surface area contributed by atoms with E-state index < -0.39 is 16.8 Å². The number of carbonyl (C=O) groups is 2. The Labute approximate surface area is 147 Å². The van der Waals surface area contributed by atoms with E-state index in [2.05, 4.69) is 5.32 Å². The summed E-state index contributed by atoms with van der Waals surface area (Å²) in [5.74, 6) is -1.16. The van der Waals surface area contributed by atoms with Crippen LogP contribution in [0.5, 0.6) is 0 Å². The van der Waals surface area contributed by atoms with Crippen LogP contribution in [0.25, 0.3) is 0 Å². The molecule has 0 aliphatic carbocycles. The number of ether oxygens (including phenoxy) is 1. The summed E-state index contributed by atoms with van der Waals surface area (Å²) in [7, 11) is 0. The van der Waals surface area contributed by atoms with Gasteiger partial charge in [-0.15, -0.1) is 0 Å². The lowest BCUT2D eigenvalue weighted by Crippen LogP contribution is -2.16. The summed E-state index contributed by atoms with van der Waals surface area (Å²) in [6, 6.07) is 9.87. The molecule has 2 aromatic rings. The van der Waals surface area contributed by atoms with Crippen molar-refractivity contribution in [3.05, 3.63) is 68.7 Å². The number of rotatable bonds is 5. The number of amides is 1. The second-order valence-corrected chi connectivity index (χ2v) is 5.05. The molecule has 8 nitrogen and oxygen atoms in total. The molecule has 9 heteroatoms. The number of para-hydroxylation sites is 1. The number of nitro groups is 1. The number of nitrogens with zero attached hydrogens (tertiary/aromatic N) is 1. The van der Waals surface area contributed by atoms with Crippen LogP contribution in [0.3, 0.4) is 0 Å². The Morgan fingerprint density at radius 3 is 2.48 bits per heavy atom. The SMILES string of the molecule is CCOC(=O)c1ccccc1NC(=O)c1ccc([N+](=O)[O-])cc1Cl.O. The van der Waals surface area contributed by atoms with E-state index in [1.54, 1.807) is 25.1 Å². The Bertz CT molecular complexity index is 809. The molecule has 0 saturated carbocycles. The first kappa shape index (κ1) is 20.1. The van der Waals surface area contributed by atoms with Crippen molar-refractivity contribution in [1.82, 2.24) is 0 Å². The van der Waals surface area contributed by atoms with Crippen molar-refractivity contribution < 1.29 is 24.7 Å². The largest absolute Gasteiger partial charge is 0.462 e. The van der Waals surface area contributed by atoms with Crippen LogP contribution in [-0.4, -0.2) is 28.9 Å². The average Bonchev–Trinajstić information content (AvgIpc) is 2.55. The smallest absolute Gasteiger partial charge is 0.340 e. The average molecular weight is 367 g/mol. The summed E-state index contributed by atoms with van der Waals surface area (Å²) in [6.07, 6.45) is 0. The zero-order valence-electron chi connectivity index (χ0n) is 13.1. The fraction of sp³-hybridized carbons (Fsp3) is 0.125. The minimum absolute atomic E-state index is 0. The maximum absolute atomic E-state index is 12.3. The molecule has 0 bridgehead atoms. The number of carbonyl (C=O) groups excluding carboxylic acids is 2. The second-order valence-electron chi connectivity index (χ2n) is 4.64. The molecule has 0 heterocycles. The first-order chi connectivity index (χ1) is 11.4. The molecule has 1 amide bonds. The van der Waals surface area contributed by atoms with Gasteiger partial charge in [0.1, 0.15) is 0 Å². The van der Waals surface area contributed by atoms with Gasteiger partial charge in [0.05, 0.1) is 33.4 Å². The first-order valence-electron chi connectivity index (χ1n) is 6.95. The van der Waals surface area contributed by atoms with Crippen molar-refractivity contribution >= 4 is 34.9 Å². The number of halogens is 1. The third kappa shape index (κ3) is 4.75. The van der Waals surface area contributed by atoms with Gasteiger partial charge >= 0.3 is 5.97 Å². The molecular weight excluding hydrogens is 352 g/mol. The first-order valence-corrected chi connectivity index (χ1v) is 7.33. The van der Waals surface area contributed by atoms with Gasteiger partial charge in [0.15, 0.2) is 0 Å². The topological polar surface area (TPSA) is 130 Å². The van der Waals surface area contributed by atoms with Gasteiger partial charge in [0, 0.05) is 12.1 Å². The summed E-state index contributed by atoms with van der Waals surface area (Å²) in [5.41, 5.74) is 0.297. The molecule has 25 heavy (non-hydrogen) atoms. The number of hydrogen-bond acceptors (Lipinski definition) is 5. The molecular formula is C16H15ClN2O6. The van der Waals surface area contributed by atoms with Crippen LogP contribution in [0.2, 0.25) is 5.02 Å². The fourth-order valence-corrected chi connectivity index (χ4v) is 2.23. The molecule has 0 fully saturated rings. The molecule has 0 aliphatic heterocycles. The van der Waals surface area contributed by atoms with Gasteiger partial charge in [0.2, 0.25) is 0 Å². The monoisotopic (exact) mass is 366 g/mol. The van der Waals surface area contributed by atoms with Gasteiger partial charge < -0.3 is 15.5 Å². The van der Waals surface area contributed by atoms with E-state index >= 15 is 0 Å². The van der Waals surface area contributed by atoms with E-state index in [0.717, 1.165) is 6.07 Å². The van der Waals surface area contributed by atoms with Crippen molar-refractivity contribution in [2.75, 3.05) is 11.9 Å². The van der Waals surface area contributed by atoms with Crippen molar-refractivity contribution in [3.63, 3.8) is 0 Å². The zero-order chi connectivity index (χ0) is 17.7. The van der Waals surface area contributed by atoms with Crippen molar-refractivity contribution in [2.45, 2.75) is 6.92 Å². The van der Waals surface area contributed by atoms with Crippen LogP contribution >= 0.6 is 11.6 Å². The molecule has 3 N–H and O–H groups in total. The number of non-ortho nitro benzene ring substituents is 1. The van der Waals surface area contributed by atoms with Crippen LogP contribution < -0.4 is 5.32 Å². The minimum Gasteiger partial charge on any atom is -0.462 e. The lowest BCUT2D eigenvalue weighted by atomic mass is 10.1. The minimum atomic E-state index is -0.608. The lowest BCUT2D eigenvalue weighted by molar-refractivity contribution is -0.384. The quantitative estimate of drug-likeness (QED) is 0.494. The summed E-state index contributed by atoms with van der Waals surface area (Å²) in [5, 5.41) is 13.2. The van der Waals surface area contributed by atoms with E-state index in [0.29, 0.717) is 0 Å². The summed E-state index contributed by atoms with van der Waals surface area (Å²) in [4.78, 5) is 34.3. The standard InChI is InChI=1S/C16H13ClN2O5.H2O/c1-2-24-16(21)12-5-3-4-6-14(12)18-15(20)11-8-7-10(19(22)23)9-13(11)17;/h3-9H,2H2,1H3,(H,18,20);1H2. The zero-order valence-corrected chi connectivity index (χ0v) is 13.9. The van der Waals surface area contributed by atoms with Crippen molar-refractivity contribution in [1.29, 1.82) is 0 Å². The van der Waals surface area contributed by atoms with Gasteiger partial charge in [-0.05, 0) is 25.1 Å². The summed E-state index contributed by atoms with van der Waals surface area (Å²) >= 11 is 5.93. The molecule has 0 spiro atoms. The summed E-state index contributed by atoms with van der Waals surface area (Å²) in [6.45, 7) is 1.88. The Morgan fingerprint density at radius 1 is 1.20 bits per heavy atom. The number of nitrogens with one attached hydrogen (secondary N) is 1. The molecule has 2 aromatic carbocycles. The maximum Gasteiger partial charge on any atom is 0.340 e. The second kappa shape index (κ2) is 8.76. The Morgan fingerprint density at radius 2 is 1.88 bits per heavy atom. The highest BCUT2D eigenvalue weighted by Gasteiger charge is 2.18. The van der Waals surface area contributed by atoms with E-state index in [-0.39, 0.29) is 39.6 Å². The fourth-order valence-electron chi connectivity index (χ4n) is 1.97. The molecule has 0 atom stereocenters. The molecule has 0 unspecified atom stereocenters. The molecule has 0 saturated heterocycles. The van der Waals surface area contributed by atoms with Crippen LogP contribution in [0.1, 0.15) is 27.6 Å². The van der Waals surface area contributed by atoms with E-state index in [4.69, 9.17) is 16.3 Å². The van der Waals surface area contributed by atoms with E-state index in [1.807, 2.05) is 0 Å². The van der Waals surface area contributed by atoms with Crippen molar-refractivity contribution in [2.24, 2.45) is 0 Å². The highest BCUT2D eigenvalue weighted by Crippen LogP contribution is 2.24. The van der Waals surface area contributed by atoms with Gasteiger partial charge in [-0.3, -0.25) is 14.9 Å². The molecule has 0 aliphatic rings. The Balaban J connectivity index is 0.00000312. The molecule has 2 rings (SSSR count). The number of anilines is 1. The third-order valence-corrected chi connectivity index (χ3v) is 3.39.